The summed E-state index contributed by atoms with van der Waals surface area (Å²) in [7, 11) is 0. The number of pyridine rings is 1. The lowest BCUT2D eigenvalue weighted by atomic mass is 9.74. The van der Waals surface area contributed by atoms with E-state index < -0.39 is 6.10 Å². The van der Waals surface area contributed by atoms with Gasteiger partial charge in [-0.3, -0.25) is 4.98 Å². The normalized spacial score (nSPS) is 24.8. The zero-order valence-electron chi connectivity index (χ0n) is 19.4. The third kappa shape index (κ3) is 2.93. The summed E-state index contributed by atoms with van der Waals surface area (Å²) in [5.41, 5.74) is 7.26. The van der Waals surface area contributed by atoms with Gasteiger partial charge in [0.25, 0.3) is 0 Å². The number of hydrogen-bond donors (Lipinski definition) is 1. The van der Waals surface area contributed by atoms with Crippen molar-refractivity contribution < 1.29 is 5.11 Å². The number of rotatable bonds is 4. The van der Waals surface area contributed by atoms with E-state index in [9.17, 15) is 5.11 Å². The molecule has 1 saturated heterocycles. The van der Waals surface area contributed by atoms with Crippen molar-refractivity contribution in [1.82, 2.24) is 9.88 Å². The Labute approximate surface area is 201 Å². The van der Waals surface area contributed by atoms with Crippen LogP contribution in [0.1, 0.15) is 59.1 Å². The van der Waals surface area contributed by atoms with E-state index in [1.807, 2.05) is 24.5 Å². The third-order valence-corrected chi connectivity index (χ3v) is 8.85. The second-order valence-corrected chi connectivity index (χ2v) is 10.5. The Hall–Kier alpha value is -3.01. The molecule has 3 aromatic carbocycles. The van der Waals surface area contributed by atoms with E-state index in [1.54, 1.807) is 11.1 Å². The number of likely N-dealkylation sites (tertiary alicyclic amines) is 1. The molecule has 0 saturated carbocycles. The van der Waals surface area contributed by atoms with E-state index in [2.05, 4.69) is 70.5 Å². The molecule has 1 fully saturated rings. The van der Waals surface area contributed by atoms with Gasteiger partial charge in [0, 0.05) is 41.2 Å². The highest BCUT2D eigenvalue weighted by Gasteiger charge is 2.53. The van der Waals surface area contributed by atoms with E-state index in [1.165, 1.54) is 17.5 Å². The number of nitrogens with zero attached hydrogens (tertiary/aromatic N) is 2. The number of fused-ring (bicyclic) bond motifs is 9. The molecule has 0 spiro atoms. The molecule has 3 aliphatic rings. The SMILES string of the molecule is O[C@H](c1cncc2ccccc12)C1CCN(CC23CC(c4ccccc42)c2ccccc23)CC1. The minimum Gasteiger partial charge on any atom is -0.388 e. The molecular formula is C31H30N2O. The van der Waals surface area contributed by atoms with Crippen molar-refractivity contribution in [3.63, 3.8) is 0 Å². The standard InChI is InChI=1S/C31H30N2O/c34-30(27-19-32-18-22-7-1-2-8-23(22)27)21-13-15-33(16-14-21)20-31-17-26(24-9-3-5-11-28(24)31)25-10-4-6-12-29(25)31/h1-12,18-19,21,26,30,34H,13-17,20H2/t26?,30-,31?/m0/s1. The molecule has 2 bridgehead atoms. The minimum atomic E-state index is -0.456. The van der Waals surface area contributed by atoms with Crippen LogP contribution < -0.4 is 0 Å². The lowest BCUT2D eigenvalue weighted by Crippen LogP contribution is -2.44. The molecule has 1 atom stereocenters. The first-order valence-electron chi connectivity index (χ1n) is 12.7. The Balaban J connectivity index is 1.12. The Morgan fingerprint density at radius 2 is 1.50 bits per heavy atom. The van der Waals surface area contributed by atoms with Crippen molar-refractivity contribution in [2.75, 3.05) is 19.6 Å². The molecule has 7 rings (SSSR count). The first-order valence-corrected chi connectivity index (χ1v) is 12.7. The maximum Gasteiger partial charge on any atom is 0.0840 e. The average molecular weight is 447 g/mol. The number of benzene rings is 3. The second kappa shape index (κ2) is 7.76. The predicted octanol–water partition coefficient (Wildman–Crippen LogP) is 5.82. The summed E-state index contributed by atoms with van der Waals surface area (Å²) in [4.78, 5) is 7.07. The summed E-state index contributed by atoms with van der Waals surface area (Å²) in [5, 5.41) is 13.5. The van der Waals surface area contributed by atoms with Crippen LogP contribution >= 0.6 is 0 Å². The molecule has 2 heterocycles. The van der Waals surface area contributed by atoms with Gasteiger partial charge in [-0.05, 0) is 65.9 Å². The Bertz CT molecular complexity index is 1320. The Morgan fingerprint density at radius 1 is 0.853 bits per heavy atom. The van der Waals surface area contributed by atoms with Crippen LogP contribution in [0.3, 0.4) is 0 Å². The van der Waals surface area contributed by atoms with Gasteiger partial charge in [0.15, 0.2) is 0 Å². The molecule has 0 unspecified atom stereocenters. The molecule has 0 amide bonds. The molecule has 1 N–H and O–H groups in total. The first-order chi connectivity index (χ1) is 16.7. The highest BCUT2D eigenvalue weighted by atomic mass is 16.3. The number of hydrogen-bond acceptors (Lipinski definition) is 3. The maximum atomic E-state index is 11.3. The molecule has 3 heteroatoms. The van der Waals surface area contributed by atoms with Crippen LogP contribution in [0.4, 0.5) is 0 Å². The van der Waals surface area contributed by atoms with Crippen LogP contribution in [0.2, 0.25) is 0 Å². The van der Waals surface area contributed by atoms with Crippen LogP contribution in [0.5, 0.6) is 0 Å². The summed E-state index contributed by atoms with van der Waals surface area (Å²) in [6.45, 7) is 3.16. The molecular weight excluding hydrogens is 416 g/mol. The fourth-order valence-electron chi connectivity index (χ4n) is 7.25. The molecule has 0 radical (unpaired) electrons. The monoisotopic (exact) mass is 446 g/mol. The van der Waals surface area contributed by atoms with E-state index in [4.69, 9.17) is 0 Å². The van der Waals surface area contributed by atoms with Crippen molar-refractivity contribution >= 4 is 10.8 Å². The molecule has 34 heavy (non-hydrogen) atoms. The Kier molecular flexibility index (Phi) is 4.65. The van der Waals surface area contributed by atoms with Gasteiger partial charge < -0.3 is 10.0 Å². The summed E-state index contributed by atoms with van der Waals surface area (Å²) in [5.74, 6) is 0.825. The maximum absolute atomic E-state index is 11.3. The van der Waals surface area contributed by atoms with Gasteiger partial charge in [-0.1, -0.05) is 72.8 Å². The number of aromatic nitrogens is 1. The van der Waals surface area contributed by atoms with E-state index in [-0.39, 0.29) is 11.3 Å². The van der Waals surface area contributed by atoms with Gasteiger partial charge in [0.05, 0.1) is 6.10 Å². The van der Waals surface area contributed by atoms with Gasteiger partial charge in [0.1, 0.15) is 0 Å². The zero-order chi connectivity index (χ0) is 22.7. The van der Waals surface area contributed by atoms with Gasteiger partial charge in [-0.2, -0.15) is 0 Å². The van der Waals surface area contributed by atoms with Crippen molar-refractivity contribution in [1.29, 1.82) is 0 Å². The highest BCUT2D eigenvalue weighted by molar-refractivity contribution is 5.84. The van der Waals surface area contributed by atoms with Gasteiger partial charge in [-0.15, -0.1) is 0 Å². The number of aliphatic hydroxyl groups excluding tert-OH is 1. The summed E-state index contributed by atoms with van der Waals surface area (Å²) >= 11 is 0. The zero-order valence-corrected chi connectivity index (χ0v) is 19.4. The van der Waals surface area contributed by atoms with Crippen molar-refractivity contribution in [2.24, 2.45) is 5.92 Å². The molecule has 2 aliphatic carbocycles. The van der Waals surface area contributed by atoms with Crippen LogP contribution in [0, 0.1) is 5.92 Å². The highest BCUT2D eigenvalue weighted by Crippen LogP contribution is 2.60. The summed E-state index contributed by atoms with van der Waals surface area (Å²) in [6, 6.07) is 26.5. The van der Waals surface area contributed by atoms with Gasteiger partial charge in [-0.25, -0.2) is 0 Å². The van der Waals surface area contributed by atoms with E-state index in [0.717, 1.165) is 48.8 Å². The second-order valence-electron chi connectivity index (χ2n) is 10.5. The summed E-state index contributed by atoms with van der Waals surface area (Å²) < 4.78 is 0. The lowest BCUT2D eigenvalue weighted by molar-refractivity contribution is 0.0547. The van der Waals surface area contributed by atoms with Crippen molar-refractivity contribution in [3.8, 4) is 0 Å². The van der Waals surface area contributed by atoms with Crippen LogP contribution in [-0.4, -0.2) is 34.6 Å². The van der Waals surface area contributed by atoms with Crippen LogP contribution in [0.15, 0.2) is 85.2 Å². The van der Waals surface area contributed by atoms with Crippen molar-refractivity contribution in [3.05, 3.63) is 113 Å². The fraction of sp³-hybridized carbons (Fsp3) is 0.323. The fourth-order valence-corrected chi connectivity index (χ4v) is 7.25. The quantitative estimate of drug-likeness (QED) is 0.429. The van der Waals surface area contributed by atoms with Crippen molar-refractivity contribution in [2.45, 2.75) is 36.7 Å². The summed E-state index contributed by atoms with van der Waals surface area (Å²) in [6.07, 6.45) is 6.54. The minimum absolute atomic E-state index is 0.114. The largest absolute Gasteiger partial charge is 0.388 e. The Morgan fingerprint density at radius 3 is 2.24 bits per heavy atom. The smallest absolute Gasteiger partial charge is 0.0840 e. The topological polar surface area (TPSA) is 36.4 Å². The van der Waals surface area contributed by atoms with Crippen LogP contribution in [0.25, 0.3) is 10.8 Å². The lowest BCUT2D eigenvalue weighted by Gasteiger charge is -2.40. The first kappa shape index (κ1) is 20.4. The average Bonchev–Trinajstić information content (AvgIpc) is 3.41. The predicted molar refractivity (Wildman–Crippen MR) is 136 cm³/mol. The third-order valence-electron chi connectivity index (χ3n) is 8.85. The number of aliphatic hydroxyl groups is 1. The molecule has 3 nitrogen and oxygen atoms in total. The molecule has 170 valence electrons. The van der Waals surface area contributed by atoms with Crippen LogP contribution in [-0.2, 0) is 5.41 Å². The van der Waals surface area contributed by atoms with Gasteiger partial charge in [0.2, 0.25) is 0 Å². The van der Waals surface area contributed by atoms with E-state index >= 15 is 0 Å². The molecule has 1 aliphatic heterocycles. The molecule has 1 aromatic heterocycles. The molecule has 4 aromatic rings. The van der Waals surface area contributed by atoms with E-state index in [0.29, 0.717) is 5.92 Å². The number of piperidine rings is 1. The van der Waals surface area contributed by atoms with Gasteiger partial charge >= 0.3 is 0 Å².